The lowest BCUT2D eigenvalue weighted by Gasteiger charge is -2.13. The van der Waals surface area contributed by atoms with E-state index in [1.807, 2.05) is 0 Å². The number of nitrogens with zero attached hydrogens (tertiary/aromatic N) is 1. The maximum absolute atomic E-state index is 12.7. The van der Waals surface area contributed by atoms with Gasteiger partial charge in [0.2, 0.25) is 5.91 Å². The number of anilines is 1. The Morgan fingerprint density at radius 2 is 1.87 bits per heavy atom. The highest BCUT2D eigenvalue weighted by atomic mass is 32.2. The van der Waals surface area contributed by atoms with Crippen LogP contribution in [0.1, 0.15) is 5.56 Å². The van der Waals surface area contributed by atoms with Crippen molar-refractivity contribution in [1.29, 1.82) is 0 Å². The van der Waals surface area contributed by atoms with Crippen molar-refractivity contribution >= 4 is 46.5 Å². The van der Waals surface area contributed by atoms with Gasteiger partial charge in [-0.2, -0.15) is 0 Å². The van der Waals surface area contributed by atoms with Gasteiger partial charge >= 0.3 is 5.97 Å². The summed E-state index contributed by atoms with van der Waals surface area (Å²) >= 11 is 0.677. The molecule has 2 aromatic carbocycles. The molecule has 31 heavy (non-hydrogen) atoms. The molecule has 0 aliphatic carbocycles. The van der Waals surface area contributed by atoms with Gasteiger partial charge in [-0.15, -0.1) is 0 Å². The molecule has 9 nitrogen and oxygen atoms in total. The molecule has 1 fully saturated rings. The van der Waals surface area contributed by atoms with Gasteiger partial charge in [-0.1, -0.05) is 30.3 Å². The van der Waals surface area contributed by atoms with Crippen LogP contribution in [0.15, 0.2) is 53.4 Å². The summed E-state index contributed by atoms with van der Waals surface area (Å²) < 4.78 is 10.5. The van der Waals surface area contributed by atoms with Crippen LogP contribution in [-0.4, -0.2) is 53.3 Å². The summed E-state index contributed by atoms with van der Waals surface area (Å²) in [7, 11) is 1.39. The lowest BCUT2D eigenvalue weighted by Crippen LogP contribution is -2.36. The zero-order valence-corrected chi connectivity index (χ0v) is 17.2. The molecule has 0 atom stereocenters. The van der Waals surface area contributed by atoms with Crippen LogP contribution < -0.4 is 14.8 Å². The van der Waals surface area contributed by atoms with Crippen LogP contribution in [-0.2, 0) is 14.4 Å². The van der Waals surface area contributed by atoms with Gasteiger partial charge in [0, 0.05) is 11.3 Å². The summed E-state index contributed by atoms with van der Waals surface area (Å²) in [5, 5.41) is 10.9. The third-order valence-electron chi connectivity index (χ3n) is 4.09. The molecule has 3 amide bonds. The second-order valence-corrected chi connectivity index (χ2v) is 7.24. The molecule has 2 aromatic rings. The van der Waals surface area contributed by atoms with Gasteiger partial charge in [0.25, 0.3) is 11.1 Å². The number of imide groups is 1. The fourth-order valence-corrected chi connectivity index (χ4v) is 3.57. The summed E-state index contributed by atoms with van der Waals surface area (Å²) in [4.78, 5) is 49.0. The standard InChI is InChI=1S/C21H18N2O7S/c1-29-15-9-5-6-13(19(15)30-12-18(25)26)10-16-20(27)23(21(28)31-16)11-17(24)22-14-7-3-2-4-8-14/h2-10H,11-12H2,1H3,(H,22,24)(H,25,26)/b16-10+. The molecule has 1 saturated heterocycles. The number of aliphatic carboxylic acids is 1. The highest BCUT2D eigenvalue weighted by molar-refractivity contribution is 8.18. The van der Waals surface area contributed by atoms with Gasteiger partial charge in [0.1, 0.15) is 6.54 Å². The van der Waals surface area contributed by atoms with Crippen molar-refractivity contribution in [2.24, 2.45) is 0 Å². The molecule has 3 rings (SSSR count). The van der Waals surface area contributed by atoms with Crippen LogP contribution in [0, 0.1) is 0 Å². The highest BCUT2D eigenvalue weighted by Gasteiger charge is 2.36. The number of nitrogens with one attached hydrogen (secondary N) is 1. The molecule has 2 N–H and O–H groups in total. The Bertz CT molecular complexity index is 1050. The predicted octanol–water partition coefficient (Wildman–Crippen LogP) is 2.83. The van der Waals surface area contributed by atoms with E-state index in [4.69, 9.17) is 14.6 Å². The van der Waals surface area contributed by atoms with E-state index in [0.717, 1.165) is 4.90 Å². The number of benzene rings is 2. The van der Waals surface area contributed by atoms with Gasteiger partial charge in [0.05, 0.1) is 12.0 Å². The van der Waals surface area contributed by atoms with Crippen molar-refractivity contribution in [2.45, 2.75) is 0 Å². The first-order chi connectivity index (χ1) is 14.9. The fourth-order valence-electron chi connectivity index (χ4n) is 2.74. The number of methoxy groups -OCH3 is 1. The van der Waals surface area contributed by atoms with Crippen LogP contribution in [0.3, 0.4) is 0 Å². The third-order valence-corrected chi connectivity index (χ3v) is 5.00. The SMILES string of the molecule is COc1cccc(/C=C2/SC(=O)N(CC(=O)Nc3ccccc3)C2=O)c1OCC(=O)O. The fraction of sp³-hybridized carbons (Fsp3) is 0.143. The van der Waals surface area contributed by atoms with Crippen molar-refractivity contribution in [2.75, 3.05) is 25.6 Å². The summed E-state index contributed by atoms with van der Waals surface area (Å²) in [5.74, 6) is -1.93. The monoisotopic (exact) mass is 442 g/mol. The second-order valence-electron chi connectivity index (χ2n) is 6.24. The Morgan fingerprint density at radius 3 is 2.55 bits per heavy atom. The molecule has 1 aliphatic heterocycles. The lowest BCUT2D eigenvalue weighted by atomic mass is 10.1. The number of carboxylic acids is 1. The maximum atomic E-state index is 12.7. The van der Waals surface area contributed by atoms with Crippen LogP contribution in [0.25, 0.3) is 6.08 Å². The smallest absolute Gasteiger partial charge is 0.341 e. The van der Waals surface area contributed by atoms with Gasteiger partial charge < -0.3 is 19.9 Å². The number of hydrogen-bond donors (Lipinski definition) is 2. The molecular formula is C21H18N2O7S. The van der Waals surface area contributed by atoms with E-state index in [1.54, 1.807) is 48.5 Å². The number of para-hydroxylation sites is 2. The van der Waals surface area contributed by atoms with Crippen molar-refractivity contribution in [3.63, 3.8) is 0 Å². The molecule has 0 saturated carbocycles. The first-order valence-corrected chi connectivity index (χ1v) is 9.82. The molecular weight excluding hydrogens is 424 g/mol. The maximum Gasteiger partial charge on any atom is 0.341 e. The first kappa shape index (κ1) is 21.9. The van der Waals surface area contributed by atoms with Crippen molar-refractivity contribution in [3.8, 4) is 11.5 Å². The van der Waals surface area contributed by atoms with Gasteiger partial charge in [0.15, 0.2) is 18.1 Å². The number of carboxylic acid groups (broad SMARTS) is 1. The Kier molecular flexibility index (Phi) is 6.93. The Morgan fingerprint density at radius 1 is 1.13 bits per heavy atom. The summed E-state index contributed by atoms with van der Waals surface area (Å²) in [6.07, 6.45) is 1.40. The minimum Gasteiger partial charge on any atom is -0.493 e. The van der Waals surface area contributed by atoms with E-state index < -0.39 is 36.2 Å². The Balaban J connectivity index is 1.78. The van der Waals surface area contributed by atoms with E-state index in [1.165, 1.54) is 13.2 Å². The van der Waals surface area contributed by atoms with Crippen LogP contribution in [0.4, 0.5) is 10.5 Å². The van der Waals surface area contributed by atoms with Gasteiger partial charge in [-0.05, 0) is 36.0 Å². The zero-order valence-electron chi connectivity index (χ0n) is 16.4. The molecule has 0 unspecified atom stereocenters. The van der Waals surface area contributed by atoms with Gasteiger partial charge in [-0.25, -0.2) is 4.79 Å². The van der Waals surface area contributed by atoms with E-state index in [9.17, 15) is 19.2 Å². The van der Waals surface area contributed by atoms with Crippen molar-refractivity contribution < 1.29 is 33.8 Å². The average Bonchev–Trinajstić information content (AvgIpc) is 3.00. The first-order valence-electron chi connectivity index (χ1n) is 9.01. The second kappa shape index (κ2) is 9.81. The van der Waals surface area contributed by atoms with Gasteiger partial charge in [-0.3, -0.25) is 19.3 Å². The molecule has 0 spiro atoms. The number of rotatable bonds is 8. The number of carbonyl (C=O) groups is 4. The Labute approximate surface area is 181 Å². The highest BCUT2D eigenvalue weighted by Crippen LogP contribution is 2.37. The average molecular weight is 442 g/mol. The number of thioether (sulfide) groups is 1. The van der Waals surface area contributed by atoms with Crippen LogP contribution in [0.5, 0.6) is 11.5 Å². The third kappa shape index (κ3) is 5.43. The molecule has 10 heteroatoms. The predicted molar refractivity (Wildman–Crippen MR) is 114 cm³/mol. The Hall–Kier alpha value is -3.79. The quantitative estimate of drug-likeness (QED) is 0.599. The van der Waals surface area contributed by atoms with E-state index >= 15 is 0 Å². The molecule has 160 valence electrons. The number of hydrogen-bond acceptors (Lipinski definition) is 7. The lowest BCUT2D eigenvalue weighted by molar-refractivity contribution is -0.139. The normalized spacial score (nSPS) is 14.6. The molecule has 0 bridgehead atoms. The van der Waals surface area contributed by atoms with Crippen molar-refractivity contribution in [1.82, 2.24) is 4.90 Å². The van der Waals surface area contributed by atoms with Crippen LogP contribution in [0.2, 0.25) is 0 Å². The molecule has 1 heterocycles. The van der Waals surface area contributed by atoms with Crippen molar-refractivity contribution in [3.05, 3.63) is 59.0 Å². The largest absolute Gasteiger partial charge is 0.493 e. The zero-order chi connectivity index (χ0) is 22.4. The molecule has 0 aromatic heterocycles. The molecule has 1 aliphatic rings. The summed E-state index contributed by atoms with van der Waals surface area (Å²) in [6.45, 7) is -1.04. The minimum absolute atomic E-state index is 0.0749. The summed E-state index contributed by atoms with van der Waals surface area (Å²) in [5.41, 5.74) is 0.909. The van der Waals surface area contributed by atoms with E-state index in [0.29, 0.717) is 23.0 Å². The summed E-state index contributed by atoms with van der Waals surface area (Å²) in [6, 6.07) is 13.5. The van der Waals surface area contributed by atoms with Crippen LogP contribution >= 0.6 is 11.8 Å². The minimum atomic E-state index is -1.18. The number of carbonyl (C=O) groups excluding carboxylic acids is 3. The number of amides is 3. The van der Waals surface area contributed by atoms with E-state index in [2.05, 4.69) is 5.32 Å². The van der Waals surface area contributed by atoms with E-state index in [-0.39, 0.29) is 16.4 Å². The molecule has 0 radical (unpaired) electrons. The topological polar surface area (TPSA) is 122 Å². The number of ether oxygens (including phenoxy) is 2.